The van der Waals surface area contributed by atoms with Crippen molar-refractivity contribution in [1.82, 2.24) is 4.98 Å². The summed E-state index contributed by atoms with van der Waals surface area (Å²) in [6, 6.07) is 8.42. The van der Waals surface area contributed by atoms with Gasteiger partial charge in [-0.3, -0.25) is 4.98 Å². The number of fused-ring (bicyclic) bond motifs is 1. The predicted molar refractivity (Wildman–Crippen MR) is 83.6 cm³/mol. The van der Waals surface area contributed by atoms with E-state index >= 15 is 0 Å². The third-order valence-electron chi connectivity index (χ3n) is 3.48. The van der Waals surface area contributed by atoms with Gasteiger partial charge >= 0.3 is 0 Å². The van der Waals surface area contributed by atoms with E-state index in [1.54, 1.807) is 0 Å². The molecule has 0 unspecified atom stereocenters. The summed E-state index contributed by atoms with van der Waals surface area (Å²) in [5.41, 5.74) is 10.5. The van der Waals surface area contributed by atoms with Crippen molar-refractivity contribution in [3.05, 3.63) is 35.5 Å². The minimum absolute atomic E-state index is 0.0189. The summed E-state index contributed by atoms with van der Waals surface area (Å²) in [7, 11) is 0. The summed E-state index contributed by atoms with van der Waals surface area (Å²) in [5.74, 6) is 0. The van der Waals surface area contributed by atoms with Crippen LogP contribution in [0.4, 0.5) is 5.69 Å². The number of aromatic nitrogens is 1. The van der Waals surface area contributed by atoms with E-state index in [9.17, 15) is 0 Å². The Hall–Kier alpha value is -1.57. The van der Waals surface area contributed by atoms with E-state index in [1.807, 2.05) is 6.07 Å². The molecule has 2 rings (SSSR count). The van der Waals surface area contributed by atoms with Gasteiger partial charge in [0.2, 0.25) is 0 Å². The number of rotatable bonds is 0. The van der Waals surface area contributed by atoms with Crippen molar-refractivity contribution in [1.29, 1.82) is 0 Å². The Morgan fingerprint density at radius 2 is 1.53 bits per heavy atom. The topological polar surface area (TPSA) is 38.9 Å². The van der Waals surface area contributed by atoms with Crippen molar-refractivity contribution in [2.24, 2.45) is 0 Å². The van der Waals surface area contributed by atoms with Gasteiger partial charge in [0.25, 0.3) is 0 Å². The van der Waals surface area contributed by atoms with Crippen LogP contribution in [0.5, 0.6) is 0 Å². The van der Waals surface area contributed by atoms with Crippen LogP contribution in [0.25, 0.3) is 10.9 Å². The average molecular weight is 256 g/mol. The molecule has 2 aromatic rings. The molecule has 0 radical (unpaired) electrons. The van der Waals surface area contributed by atoms with Crippen molar-refractivity contribution in [3.63, 3.8) is 0 Å². The second-order valence-electron chi connectivity index (χ2n) is 7.33. The van der Waals surface area contributed by atoms with Gasteiger partial charge < -0.3 is 5.73 Å². The molecule has 0 amide bonds. The Labute approximate surface area is 116 Å². The largest absolute Gasteiger partial charge is 0.398 e. The molecule has 0 aliphatic carbocycles. The first kappa shape index (κ1) is 13.9. The number of benzene rings is 1. The van der Waals surface area contributed by atoms with Gasteiger partial charge in [0.1, 0.15) is 0 Å². The SMILES string of the molecule is CC(C)(C)c1ccc2nc(C(C)(C)C)cc(N)c2c1. The molecule has 1 heterocycles. The number of nitrogens with two attached hydrogens (primary N) is 1. The van der Waals surface area contributed by atoms with Gasteiger partial charge in [-0.1, -0.05) is 47.6 Å². The molecule has 0 spiro atoms. The molecule has 0 aliphatic heterocycles. The van der Waals surface area contributed by atoms with Gasteiger partial charge in [0, 0.05) is 22.2 Å². The molecule has 0 fully saturated rings. The van der Waals surface area contributed by atoms with Gasteiger partial charge in [-0.05, 0) is 29.2 Å². The Morgan fingerprint density at radius 3 is 2.05 bits per heavy atom. The lowest BCUT2D eigenvalue weighted by atomic mass is 9.85. The minimum atomic E-state index is 0.0189. The van der Waals surface area contributed by atoms with E-state index in [-0.39, 0.29) is 10.8 Å². The van der Waals surface area contributed by atoms with Gasteiger partial charge in [-0.15, -0.1) is 0 Å². The van der Waals surface area contributed by atoms with E-state index in [0.29, 0.717) is 0 Å². The third-order valence-corrected chi connectivity index (χ3v) is 3.48. The quantitative estimate of drug-likeness (QED) is 0.758. The summed E-state index contributed by atoms with van der Waals surface area (Å²) in [5, 5.41) is 1.06. The van der Waals surface area contributed by atoms with Crippen LogP contribution in [-0.2, 0) is 10.8 Å². The minimum Gasteiger partial charge on any atom is -0.398 e. The maximum absolute atomic E-state index is 6.23. The maximum atomic E-state index is 6.23. The molecule has 1 aromatic carbocycles. The molecule has 1 aromatic heterocycles. The van der Waals surface area contributed by atoms with Crippen LogP contribution < -0.4 is 5.73 Å². The molecule has 0 saturated heterocycles. The number of hydrogen-bond donors (Lipinski definition) is 1. The Balaban J connectivity index is 2.67. The smallest absolute Gasteiger partial charge is 0.0726 e. The number of hydrogen-bond acceptors (Lipinski definition) is 2. The molecule has 19 heavy (non-hydrogen) atoms. The number of nitrogens with zero attached hydrogens (tertiary/aromatic N) is 1. The van der Waals surface area contributed by atoms with Crippen molar-refractivity contribution in [2.45, 2.75) is 52.4 Å². The van der Waals surface area contributed by atoms with Crippen LogP contribution in [0.3, 0.4) is 0 Å². The van der Waals surface area contributed by atoms with Crippen LogP contribution >= 0.6 is 0 Å². The summed E-state index contributed by atoms with van der Waals surface area (Å²) < 4.78 is 0. The molecule has 0 aliphatic rings. The fourth-order valence-corrected chi connectivity index (χ4v) is 2.10. The fourth-order valence-electron chi connectivity index (χ4n) is 2.10. The summed E-state index contributed by atoms with van der Waals surface area (Å²) in [4.78, 5) is 4.75. The standard InChI is InChI=1S/C17H24N2/c1-16(2,3)11-7-8-14-12(9-11)13(18)10-15(19-14)17(4,5)6/h7-10H,1-6H3,(H2,18,19). The Bertz CT molecular complexity index is 613. The highest BCUT2D eigenvalue weighted by molar-refractivity contribution is 5.91. The predicted octanol–water partition coefficient (Wildman–Crippen LogP) is 4.41. The highest BCUT2D eigenvalue weighted by atomic mass is 14.7. The third kappa shape index (κ3) is 2.73. The number of nitrogen functional groups attached to an aromatic ring is 1. The molecular formula is C17H24N2. The first-order valence-electron chi connectivity index (χ1n) is 6.80. The van der Waals surface area contributed by atoms with Gasteiger partial charge in [-0.2, -0.15) is 0 Å². The molecule has 102 valence electrons. The maximum Gasteiger partial charge on any atom is 0.0726 e. The van der Waals surface area contributed by atoms with Crippen LogP contribution in [0.15, 0.2) is 24.3 Å². The first-order chi connectivity index (χ1) is 8.59. The average Bonchev–Trinajstić information content (AvgIpc) is 2.26. The highest BCUT2D eigenvalue weighted by Crippen LogP contribution is 2.31. The molecule has 0 atom stereocenters. The van der Waals surface area contributed by atoms with E-state index in [0.717, 1.165) is 22.3 Å². The van der Waals surface area contributed by atoms with Crippen LogP contribution in [0, 0.1) is 0 Å². The molecule has 2 heteroatoms. The number of anilines is 1. The van der Waals surface area contributed by atoms with Crippen molar-refractivity contribution in [2.75, 3.05) is 5.73 Å². The second kappa shape index (κ2) is 4.22. The van der Waals surface area contributed by atoms with E-state index in [2.05, 4.69) is 59.7 Å². The lowest BCUT2D eigenvalue weighted by Gasteiger charge is -2.22. The monoisotopic (exact) mass is 256 g/mol. The van der Waals surface area contributed by atoms with Gasteiger partial charge in [0.05, 0.1) is 5.52 Å². The first-order valence-corrected chi connectivity index (χ1v) is 6.80. The molecular weight excluding hydrogens is 232 g/mol. The van der Waals surface area contributed by atoms with Crippen LogP contribution in [-0.4, -0.2) is 4.98 Å². The molecule has 2 nitrogen and oxygen atoms in total. The van der Waals surface area contributed by atoms with E-state index in [4.69, 9.17) is 10.7 Å². The fraction of sp³-hybridized carbons (Fsp3) is 0.471. The zero-order chi connectivity index (χ0) is 14.4. The molecule has 0 bridgehead atoms. The van der Waals surface area contributed by atoms with Crippen LogP contribution in [0.1, 0.15) is 52.8 Å². The van der Waals surface area contributed by atoms with Gasteiger partial charge in [0.15, 0.2) is 0 Å². The van der Waals surface area contributed by atoms with E-state index in [1.165, 1.54) is 5.56 Å². The second-order valence-corrected chi connectivity index (χ2v) is 7.33. The molecule has 0 saturated carbocycles. The van der Waals surface area contributed by atoms with Crippen molar-refractivity contribution in [3.8, 4) is 0 Å². The molecule has 2 N–H and O–H groups in total. The highest BCUT2D eigenvalue weighted by Gasteiger charge is 2.19. The van der Waals surface area contributed by atoms with Gasteiger partial charge in [-0.25, -0.2) is 0 Å². The van der Waals surface area contributed by atoms with Crippen molar-refractivity contribution < 1.29 is 0 Å². The Kier molecular flexibility index (Phi) is 3.08. The normalized spacial score (nSPS) is 12.9. The summed E-state index contributed by atoms with van der Waals surface area (Å²) in [6.45, 7) is 13.1. The van der Waals surface area contributed by atoms with Crippen molar-refractivity contribution >= 4 is 16.6 Å². The number of pyridine rings is 1. The van der Waals surface area contributed by atoms with Crippen LogP contribution in [0.2, 0.25) is 0 Å². The van der Waals surface area contributed by atoms with E-state index < -0.39 is 0 Å². The Morgan fingerprint density at radius 1 is 0.895 bits per heavy atom. The zero-order valence-electron chi connectivity index (χ0n) is 12.8. The lowest BCUT2D eigenvalue weighted by Crippen LogP contribution is -2.15. The summed E-state index contributed by atoms with van der Waals surface area (Å²) >= 11 is 0. The lowest BCUT2D eigenvalue weighted by molar-refractivity contribution is 0.571. The summed E-state index contributed by atoms with van der Waals surface area (Å²) in [6.07, 6.45) is 0. The zero-order valence-corrected chi connectivity index (χ0v) is 12.8.